The summed E-state index contributed by atoms with van der Waals surface area (Å²) >= 11 is 5.94. The van der Waals surface area contributed by atoms with Gasteiger partial charge in [0.15, 0.2) is 6.61 Å². The number of rotatable bonds is 13. The first-order chi connectivity index (χ1) is 22.2. The van der Waals surface area contributed by atoms with Gasteiger partial charge < -0.3 is 24.7 Å². The van der Waals surface area contributed by atoms with E-state index in [4.69, 9.17) is 31.5 Å². The molecular formula is C35H41ClN6O4. The highest BCUT2D eigenvalue weighted by Crippen LogP contribution is 2.28. The molecule has 0 bridgehead atoms. The van der Waals surface area contributed by atoms with Crippen molar-refractivity contribution in [3.63, 3.8) is 0 Å². The van der Waals surface area contributed by atoms with Crippen LogP contribution in [-0.4, -0.2) is 88.9 Å². The van der Waals surface area contributed by atoms with Crippen molar-refractivity contribution in [1.82, 2.24) is 24.3 Å². The molecule has 5 rings (SSSR count). The second-order valence-electron chi connectivity index (χ2n) is 11.8. The topological polar surface area (TPSA) is 104 Å². The summed E-state index contributed by atoms with van der Waals surface area (Å²) < 4.78 is 13.6. The van der Waals surface area contributed by atoms with Crippen LogP contribution >= 0.6 is 11.6 Å². The van der Waals surface area contributed by atoms with Gasteiger partial charge in [0.25, 0.3) is 11.5 Å². The van der Waals surface area contributed by atoms with E-state index in [1.165, 1.54) is 6.21 Å². The summed E-state index contributed by atoms with van der Waals surface area (Å²) in [5.41, 5.74) is 2.16. The summed E-state index contributed by atoms with van der Waals surface area (Å²) in [5.74, 6) is 1.74. The first-order valence-corrected chi connectivity index (χ1v) is 16.0. The number of piperazine rings is 1. The fraction of sp³-hybridized carbons (Fsp3) is 0.371. The molecule has 242 valence electrons. The van der Waals surface area contributed by atoms with E-state index in [0.29, 0.717) is 84.6 Å². The van der Waals surface area contributed by atoms with Crippen molar-refractivity contribution in [1.29, 1.82) is 5.41 Å². The van der Waals surface area contributed by atoms with Crippen molar-refractivity contribution in [2.24, 2.45) is 0 Å². The molecule has 11 heteroatoms. The van der Waals surface area contributed by atoms with Gasteiger partial charge in [-0.05, 0) is 87.6 Å². The van der Waals surface area contributed by atoms with Crippen LogP contribution in [0.1, 0.15) is 31.7 Å². The van der Waals surface area contributed by atoms with Gasteiger partial charge >= 0.3 is 0 Å². The van der Waals surface area contributed by atoms with Crippen LogP contribution in [0.2, 0.25) is 5.02 Å². The van der Waals surface area contributed by atoms with Crippen LogP contribution in [0, 0.1) is 5.41 Å². The summed E-state index contributed by atoms with van der Waals surface area (Å²) in [5, 5.41) is 8.52. The maximum absolute atomic E-state index is 14.2. The molecule has 0 saturated carbocycles. The van der Waals surface area contributed by atoms with Crippen LogP contribution < -0.4 is 15.0 Å². The zero-order valence-electron chi connectivity index (χ0n) is 26.6. The predicted octanol–water partition coefficient (Wildman–Crippen LogP) is 5.02. The normalized spacial score (nSPS) is 13.8. The number of amides is 1. The Morgan fingerprint density at radius 3 is 2.52 bits per heavy atom. The molecule has 46 heavy (non-hydrogen) atoms. The zero-order chi connectivity index (χ0) is 32.6. The van der Waals surface area contributed by atoms with E-state index in [1.54, 1.807) is 39.8 Å². The first-order valence-electron chi connectivity index (χ1n) is 15.6. The van der Waals surface area contributed by atoms with Crippen molar-refractivity contribution in [3.05, 3.63) is 93.5 Å². The van der Waals surface area contributed by atoms with Crippen LogP contribution in [0.3, 0.4) is 0 Å². The lowest BCUT2D eigenvalue weighted by Gasteiger charge is -2.34. The number of para-hydroxylation sites is 1. The van der Waals surface area contributed by atoms with Gasteiger partial charge in [-0.1, -0.05) is 29.8 Å². The van der Waals surface area contributed by atoms with Gasteiger partial charge in [0.2, 0.25) is 0 Å². The Morgan fingerprint density at radius 1 is 1.07 bits per heavy atom. The summed E-state index contributed by atoms with van der Waals surface area (Å²) in [7, 11) is 2.02. The van der Waals surface area contributed by atoms with Crippen LogP contribution in [0.15, 0.2) is 71.5 Å². The molecule has 0 aliphatic carbocycles. The molecule has 1 aliphatic rings. The predicted molar refractivity (Wildman–Crippen MR) is 182 cm³/mol. The lowest BCUT2D eigenvalue weighted by Crippen LogP contribution is -2.50. The molecule has 1 aliphatic heterocycles. The fourth-order valence-corrected chi connectivity index (χ4v) is 5.65. The van der Waals surface area contributed by atoms with Crippen molar-refractivity contribution >= 4 is 34.6 Å². The van der Waals surface area contributed by atoms with E-state index in [1.807, 2.05) is 57.3 Å². The molecule has 0 unspecified atom stereocenters. The Labute approximate surface area is 274 Å². The van der Waals surface area contributed by atoms with E-state index >= 15 is 0 Å². The van der Waals surface area contributed by atoms with E-state index < -0.39 is 0 Å². The molecule has 1 saturated heterocycles. The molecular weight excluding hydrogens is 604 g/mol. The van der Waals surface area contributed by atoms with Crippen molar-refractivity contribution < 1.29 is 14.3 Å². The monoisotopic (exact) mass is 644 g/mol. The maximum atomic E-state index is 14.2. The smallest absolute Gasteiger partial charge is 0.266 e. The summed E-state index contributed by atoms with van der Waals surface area (Å²) in [6, 6.07) is 20.3. The van der Waals surface area contributed by atoms with Gasteiger partial charge in [-0.2, -0.15) is 0 Å². The molecule has 1 aromatic heterocycles. The number of benzene rings is 3. The minimum atomic E-state index is -0.156. The third-order valence-electron chi connectivity index (χ3n) is 7.85. The number of fused-ring (bicyclic) bond motifs is 1. The van der Waals surface area contributed by atoms with Gasteiger partial charge in [-0.15, -0.1) is 0 Å². The zero-order valence-corrected chi connectivity index (χ0v) is 27.4. The Morgan fingerprint density at radius 2 is 1.80 bits per heavy atom. The van der Waals surface area contributed by atoms with E-state index in [9.17, 15) is 9.59 Å². The maximum Gasteiger partial charge on any atom is 0.266 e. The molecule has 1 fully saturated rings. The lowest BCUT2D eigenvalue weighted by molar-refractivity contribution is -0.135. The third kappa shape index (κ3) is 8.31. The average molecular weight is 645 g/mol. The van der Waals surface area contributed by atoms with Crippen LogP contribution in [0.25, 0.3) is 16.6 Å². The number of hydrogen-bond donors (Lipinski definition) is 1. The second kappa shape index (κ2) is 15.4. The molecule has 1 N–H and O–H groups in total. The Kier molecular flexibility index (Phi) is 11.1. The van der Waals surface area contributed by atoms with Gasteiger partial charge in [0, 0.05) is 44.3 Å². The highest BCUT2D eigenvalue weighted by atomic mass is 35.5. The number of carbonyl (C=O) groups is 1. The molecule has 0 spiro atoms. The van der Waals surface area contributed by atoms with Crippen LogP contribution in [0.5, 0.6) is 11.5 Å². The standard InChI is InChI=1S/C35H41ClN6O4/c1-25(2)46-32-14-9-26(22-39(3)16-6-15-37)21-31(32)42-33(38-30-8-5-4-7-29(30)35(42)44)23-40-17-19-41(20-18-40)34(43)24-45-28-12-10-27(36)11-13-28/h4-5,7-15,21,25,37H,6,16-20,22-24H2,1-3H3. The highest BCUT2D eigenvalue weighted by Gasteiger charge is 2.25. The Bertz CT molecular complexity index is 1720. The molecule has 0 radical (unpaired) electrons. The summed E-state index contributed by atoms with van der Waals surface area (Å²) in [4.78, 5) is 38.3. The Hall–Kier alpha value is -4.25. The quantitative estimate of drug-likeness (QED) is 0.204. The molecule has 3 aromatic carbocycles. The number of ether oxygens (including phenoxy) is 2. The SMILES string of the molecule is CC(C)Oc1ccc(CN(C)CCC=N)cc1-n1c(CN2CCN(C(=O)COc3ccc(Cl)cc3)CC2)nc2ccccc2c1=O. The van der Waals surface area contributed by atoms with Gasteiger partial charge in [-0.25, -0.2) is 4.98 Å². The molecule has 4 aromatic rings. The first kappa shape index (κ1) is 33.1. The lowest BCUT2D eigenvalue weighted by atomic mass is 10.1. The van der Waals surface area contributed by atoms with Gasteiger partial charge in [0.1, 0.15) is 17.3 Å². The third-order valence-corrected chi connectivity index (χ3v) is 8.10. The summed E-state index contributed by atoms with van der Waals surface area (Å²) in [6.07, 6.45) is 1.99. The van der Waals surface area contributed by atoms with Crippen molar-refractivity contribution in [2.45, 2.75) is 39.5 Å². The minimum Gasteiger partial charge on any atom is -0.489 e. The largest absolute Gasteiger partial charge is 0.489 e. The van der Waals surface area contributed by atoms with E-state index in [2.05, 4.69) is 9.80 Å². The van der Waals surface area contributed by atoms with E-state index in [-0.39, 0.29) is 24.2 Å². The molecule has 10 nitrogen and oxygen atoms in total. The van der Waals surface area contributed by atoms with E-state index in [0.717, 1.165) is 12.1 Å². The molecule has 1 amide bonds. The summed E-state index contributed by atoms with van der Waals surface area (Å²) in [6.45, 7) is 8.07. The highest BCUT2D eigenvalue weighted by molar-refractivity contribution is 6.30. The van der Waals surface area contributed by atoms with Crippen LogP contribution in [-0.2, 0) is 17.9 Å². The van der Waals surface area contributed by atoms with Crippen LogP contribution in [0.4, 0.5) is 0 Å². The second-order valence-corrected chi connectivity index (χ2v) is 12.2. The van der Waals surface area contributed by atoms with Gasteiger partial charge in [0.05, 0.1) is 29.2 Å². The van der Waals surface area contributed by atoms with Crippen molar-refractivity contribution in [3.8, 4) is 17.2 Å². The Balaban J connectivity index is 1.40. The number of carbonyl (C=O) groups excluding carboxylic acids is 1. The number of nitrogens with one attached hydrogen (secondary N) is 1. The number of halogens is 1. The minimum absolute atomic E-state index is 0.0427. The molecule has 0 atom stereocenters. The van der Waals surface area contributed by atoms with Gasteiger partial charge in [-0.3, -0.25) is 19.1 Å². The van der Waals surface area contributed by atoms with Crippen molar-refractivity contribution in [2.75, 3.05) is 46.4 Å². The molecule has 2 heterocycles. The number of aromatic nitrogens is 2. The number of hydrogen-bond acceptors (Lipinski definition) is 8. The fourth-order valence-electron chi connectivity index (χ4n) is 5.52. The number of nitrogens with zero attached hydrogens (tertiary/aromatic N) is 5. The average Bonchev–Trinajstić information content (AvgIpc) is 3.04.